The standard InChI is InChI=1S/C48H89NO8/c1-3-5-7-9-11-13-15-17-18-19-20-21-22-23-24-26-28-30-32-34-36-38-44(52)49-41(40-56-48-47(55)46(54)45(53)43(39-50)57-48)42(51)37-35-33-31-29-27-25-16-14-12-10-8-6-4-2/h17-18,27,29,35,37,41-43,45-48,50-51,53-55H,3-16,19-26,28,30-34,36,38-40H2,1-2H3,(H,49,52)/b18-17+,29-27-,37-35+/t41-,42+,43+,45+,46-,47+,48+/m0/s1. The predicted molar refractivity (Wildman–Crippen MR) is 235 cm³/mol. The number of rotatable bonds is 39. The molecule has 1 aliphatic rings. The lowest BCUT2D eigenvalue weighted by Gasteiger charge is -2.40. The Balaban J connectivity index is 2.32. The number of allylic oxidation sites excluding steroid dienone is 5. The van der Waals surface area contributed by atoms with Crippen molar-refractivity contribution in [1.82, 2.24) is 5.32 Å². The molecular weight excluding hydrogens is 719 g/mol. The predicted octanol–water partition coefficient (Wildman–Crippen LogP) is 10.1. The topological polar surface area (TPSA) is 149 Å². The van der Waals surface area contributed by atoms with Crippen LogP contribution in [0.1, 0.15) is 206 Å². The number of ether oxygens (including phenoxy) is 2. The molecule has 0 radical (unpaired) electrons. The Morgan fingerprint density at radius 3 is 1.47 bits per heavy atom. The SMILES string of the molecule is CCCCCCCC/C=C/CCCCCCCCCCCCCC(=O)N[C@@H](CO[C@@H]1O[C@H](CO)[C@@H](O)[C@H](O)[C@H]1O)[C@H](O)/C=C/CC/C=C\CCCCCCCCC. The first-order valence-corrected chi connectivity index (χ1v) is 23.7. The van der Waals surface area contributed by atoms with Crippen molar-refractivity contribution in [3.8, 4) is 0 Å². The second-order valence-electron chi connectivity index (χ2n) is 16.5. The van der Waals surface area contributed by atoms with E-state index in [2.05, 4.69) is 43.5 Å². The molecule has 1 saturated heterocycles. The maximum atomic E-state index is 13.0. The summed E-state index contributed by atoms with van der Waals surface area (Å²) < 4.78 is 11.2. The highest BCUT2D eigenvalue weighted by atomic mass is 16.7. The first-order chi connectivity index (χ1) is 27.8. The Hall–Kier alpha value is -1.59. The van der Waals surface area contributed by atoms with Gasteiger partial charge in [0.25, 0.3) is 0 Å². The Morgan fingerprint density at radius 2 is 1.00 bits per heavy atom. The Kier molecular flexibility index (Phi) is 36.2. The molecule has 0 bridgehead atoms. The molecule has 0 unspecified atom stereocenters. The van der Waals surface area contributed by atoms with Crippen LogP contribution in [0.5, 0.6) is 0 Å². The van der Waals surface area contributed by atoms with Gasteiger partial charge in [0.2, 0.25) is 5.91 Å². The lowest BCUT2D eigenvalue weighted by molar-refractivity contribution is -0.302. The number of hydrogen-bond donors (Lipinski definition) is 6. The Morgan fingerprint density at radius 1 is 0.579 bits per heavy atom. The van der Waals surface area contributed by atoms with Crippen molar-refractivity contribution >= 4 is 5.91 Å². The number of nitrogens with one attached hydrogen (secondary N) is 1. The van der Waals surface area contributed by atoms with E-state index in [1.54, 1.807) is 6.08 Å². The molecule has 1 amide bonds. The highest BCUT2D eigenvalue weighted by molar-refractivity contribution is 5.76. The average Bonchev–Trinajstić information content (AvgIpc) is 3.21. The zero-order chi connectivity index (χ0) is 41.6. The van der Waals surface area contributed by atoms with Crippen molar-refractivity contribution in [2.45, 2.75) is 249 Å². The van der Waals surface area contributed by atoms with Gasteiger partial charge >= 0.3 is 0 Å². The van der Waals surface area contributed by atoms with E-state index >= 15 is 0 Å². The van der Waals surface area contributed by atoms with Gasteiger partial charge in [0.15, 0.2) is 6.29 Å². The monoisotopic (exact) mass is 808 g/mol. The summed E-state index contributed by atoms with van der Waals surface area (Å²) in [6.45, 7) is 3.74. The molecular formula is C48H89NO8. The van der Waals surface area contributed by atoms with Crippen molar-refractivity contribution in [1.29, 1.82) is 0 Å². The molecule has 0 aromatic carbocycles. The number of carbonyl (C=O) groups excluding carboxylic acids is 1. The summed E-state index contributed by atoms with van der Waals surface area (Å²) in [5.74, 6) is -0.188. The zero-order valence-corrected chi connectivity index (χ0v) is 36.6. The van der Waals surface area contributed by atoms with Crippen LogP contribution < -0.4 is 5.32 Å². The molecule has 0 aromatic rings. The van der Waals surface area contributed by atoms with E-state index in [1.807, 2.05) is 6.08 Å². The van der Waals surface area contributed by atoms with Gasteiger partial charge in [-0.3, -0.25) is 4.79 Å². The van der Waals surface area contributed by atoms with Crippen molar-refractivity contribution in [3.63, 3.8) is 0 Å². The van der Waals surface area contributed by atoms with E-state index in [-0.39, 0.29) is 12.5 Å². The van der Waals surface area contributed by atoms with E-state index in [0.717, 1.165) is 38.5 Å². The molecule has 1 rings (SSSR count). The maximum absolute atomic E-state index is 13.0. The van der Waals surface area contributed by atoms with Gasteiger partial charge in [0.1, 0.15) is 24.4 Å². The lowest BCUT2D eigenvalue weighted by Crippen LogP contribution is -2.60. The van der Waals surface area contributed by atoms with Gasteiger partial charge in [-0.15, -0.1) is 0 Å². The Bertz CT molecular complexity index is 987. The largest absolute Gasteiger partial charge is 0.394 e. The first-order valence-electron chi connectivity index (χ1n) is 23.7. The van der Waals surface area contributed by atoms with Gasteiger partial charge in [-0.1, -0.05) is 179 Å². The van der Waals surface area contributed by atoms with Gasteiger partial charge in [0, 0.05) is 6.42 Å². The number of aliphatic hydroxyl groups is 5. The van der Waals surface area contributed by atoms with Crippen LogP contribution >= 0.6 is 0 Å². The van der Waals surface area contributed by atoms with Crippen LogP contribution in [0, 0.1) is 0 Å². The maximum Gasteiger partial charge on any atom is 0.220 e. The average molecular weight is 808 g/mol. The van der Waals surface area contributed by atoms with Crippen LogP contribution in [0.25, 0.3) is 0 Å². The fraction of sp³-hybridized carbons (Fsp3) is 0.854. The summed E-state index contributed by atoms with van der Waals surface area (Å²) in [5, 5.41) is 54.1. The highest BCUT2D eigenvalue weighted by Gasteiger charge is 2.44. The third-order valence-corrected chi connectivity index (χ3v) is 11.2. The number of carbonyl (C=O) groups is 1. The molecule has 0 aliphatic carbocycles. The van der Waals surface area contributed by atoms with E-state index in [4.69, 9.17) is 9.47 Å². The Labute approximate surface area is 349 Å². The lowest BCUT2D eigenvalue weighted by atomic mass is 9.99. The molecule has 9 heteroatoms. The quantitative estimate of drug-likeness (QED) is 0.0266. The fourth-order valence-corrected chi connectivity index (χ4v) is 7.34. The van der Waals surface area contributed by atoms with Crippen molar-refractivity contribution < 1.29 is 39.8 Å². The normalized spacial score (nSPS) is 21.3. The van der Waals surface area contributed by atoms with Gasteiger partial charge in [-0.05, 0) is 57.8 Å². The summed E-state index contributed by atoms with van der Waals surface area (Å²) in [6, 6.07) is -0.819. The van der Waals surface area contributed by atoms with E-state index in [9.17, 15) is 30.3 Å². The van der Waals surface area contributed by atoms with Crippen LogP contribution in [-0.4, -0.2) is 87.5 Å². The number of amides is 1. The van der Waals surface area contributed by atoms with E-state index in [0.29, 0.717) is 6.42 Å². The molecule has 334 valence electrons. The van der Waals surface area contributed by atoms with Crippen molar-refractivity contribution in [3.05, 3.63) is 36.5 Å². The minimum atomic E-state index is -1.57. The molecule has 7 atom stereocenters. The molecule has 0 aromatic heterocycles. The van der Waals surface area contributed by atoms with Crippen molar-refractivity contribution in [2.24, 2.45) is 0 Å². The van der Waals surface area contributed by atoms with Crippen LogP contribution in [0.15, 0.2) is 36.5 Å². The molecule has 1 fully saturated rings. The van der Waals surface area contributed by atoms with Crippen LogP contribution in [0.2, 0.25) is 0 Å². The number of hydrogen-bond acceptors (Lipinski definition) is 8. The summed E-state index contributed by atoms with van der Waals surface area (Å²) in [5.41, 5.74) is 0. The summed E-state index contributed by atoms with van der Waals surface area (Å²) in [7, 11) is 0. The second kappa shape index (κ2) is 38.6. The molecule has 1 aliphatic heterocycles. The summed E-state index contributed by atoms with van der Waals surface area (Å²) in [4.78, 5) is 13.0. The van der Waals surface area contributed by atoms with E-state index in [1.165, 1.54) is 148 Å². The molecule has 9 nitrogen and oxygen atoms in total. The second-order valence-corrected chi connectivity index (χ2v) is 16.5. The van der Waals surface area contributed by atoms with Gasteiger partial charge in [0.05, 0.1) is 25.4 Å². The van der Waals surface area contributed by atoms with E-state index < -0.39 is 49.5 Å². The summed E-state index contributed by atoms with van der Waals surface area (Å²) >= 11 is 0. The van der Waals surface area contributed by atoms with Crippen molar-refractivity contribution in [2.75, 3.05) is 13.2 Å². The zero-order valence-electron chi connectivity index (χ0n) is 36.6. The molecule has 0 spiro atoms. The van der Waals surface area contributed by atoms with Crippen LogP contribution in [0.3, 0.4) is 0 Å². The summed E-state index contributed by atoms with van der Waals surface area (Å²) in [6.07, 6.45) is 40.5. The van der Waals surface area contributed by atoms with Gasteiger partial charge in [-0.25, -0.2) is 0 Å². The van der Waals surface area contributed by atoms with Crippen LogP contribution in [0.4, 0.5) is 0 Å². The smallest absolute Gasteiger partial charge is 0.220 e. The molecule has 57 heavy (non-hydrogen) atoms. The van der Waals surface area contributed by atoms with Gasteiger partial charge in [-0.2, -0.15) is 0 Å². The number of aliphatic hydroxyl groups excluding tert-OH is 5. The minimum Gasteiger partial charge on any atom is -0.394 e. The number of unbranched alkanes of at least 4 members (excludes halogenated alkanes) is 25. The molecule has 6 N–H and O–H groups in total. The molecule has 1 heterocycles. The third-order valence-electron chi connectivity index (χ3n) is 11.2. The molecule has 0 saturated carbocycles. The fourth-order valence-electron chi connectivity index (χ4n) is 7.34. The van der Waals surface area contributed by atoms with Gasteiger partial charge < -0.3 is 40.3 Å². The third kappa shape index (κ3) is 29.3. The highest BCUT2D eigenvalue weighted by Crippen LogP contribution is 2.22. The van der Waals surface area contributed by atoms with Crippen LogP contribution in [-0.2, 0) is 14.3 Å². The minimum absolute atomic E-state index is 0.188. The first kappa shape index (κ1) is 53.4.